The van der Waals surface area contributed by atoms with Crippen molar-refractivity contribution in [3.63, 3.8) is 0 Å². The number of aliphatic hydroxyl groups excluding tert-OH is 1. The Bertz CT molecular complexity index is 814. The van der Waals surface area contributed by atoms with Crippen molar-refractivity contribution >= 4 is 17.7 Å². The van der Waals surface area contributed by atoms with Crippen molar-refractivity contribution in [1.29, 1.82) is 0 Å². The predicted octanol–water partition coefficient (Wildman–Crippen LogP) is 3.79. The zero-order chi connectivity index (χ0) is 19.2. The molecule has 140 valence electrons. The van der Waals surface area contributed by atoms with Crippen LogP contribution in [0.15, 0.2) is 70.7 Å². The molecule has 1 heterocycles. The number of rotatable bonds is 5. The summed E-state index contributed by atoms with van der Waals surface area (Å²) in [7, 11) is 0. The monoisotopic (exact) mass is 385 g/mol. The highest BCUT2D eigenvalue weighted by Crippen LogP contribution is 2.36. The summed E-state index contributed by atoms with van der Waals surface area (Å²) in [4.78, 5) is 16.2. The van der Waals surface area contributed by atoms with E-state index in [2.05, 4.69) is 10.0 Å². The van der Waals surface area contributed by atoms with Gasteiger partial charge in [0.25, 0.3) is 0 Å². The maximum absolute atomic E-state index is 12.5. The van der Waals surface area contributed by atoms with Crippen LogP contribution >= 0.6 is 11.8 Å². The molecule has 1 saturated heterocycles. The van der Waals surface area contributed by atoms with Gasteiger partial charge in [-0.05, 0) is 36.7 Å². The van der Waals surface area contributed by atoms with Crippen LogP contribution in [0.2, 0.25) is 0 Å². The van der Waals surface area contributed by atoms with E-state index in [0.29, 0.717) is 5.56 Å². The van der Waals surface area contributed by atoms with Crippen LogP contribution in [0.4, 0.5) is 0 Å². The fraction of sp³-hybridized carbons (Fsp3) is 0.316. The third-order valence-electron chi connectivity index (χ3n) is 4.21. The Morgan fingerprint density at radius 2 is 1.81 bits per heavy atom. The predicted molar refractivity (Wildman–Crippen MR) is 101 cm³/mol. The van der Waals surface area contributed by atoms with E-state index in [1.165, 1.54) is 11.8 Å². The SMILES string of the molecule is C[C@@H]1O[C@H](Sc2ccccc2)[C@@H](N=[N+]=[N-])[C@H](OC(=O)c2ccccc2)[C@@H]1O. The average molecular weight is 385 g/mol. The highest BCUT2D eigenvalue weighted by atomic mass is 32.2. The largest absolute Gasteiger partial charge is 0.455 e. The van der Waals surface area contributed by atoms with Gasteiger partial charge in [0.2, 0.25) is 0 Å². The Kier molecular flexibility index (Phi) is 6.36. The van der Waals surface area contributed by atoms with Crippen molar-refractivity contribution in [2.75, 3.05) is 0 Å². The third kappa shape index (κ3) is 4.61. The number of thioether (sulfide) groups is 1. The molecule has 0 bridgehead atoms. The maximum atomic E-state index is 12.5. The number of nitrogens with zero attached hydrogens (tertiary/aromatic N) is 3. The van der Waals surface area contributed by atoms with E-state index in [9.17, 15) is 9.90 Å². The fourth-order valence-electron chi connectivity index (χ4n) is 2.81. The number of hydrogen-bond donors (Lipinski definition) is 1. The van der Waals surface area contributed by atoms with Crippen molar-refractivity contribution < 1.29 is 19.4 Å². The van der Waals surface area contributed by atoms with Gasteiger partial charge in [0.15, 0.2) is 0 Å². The van der Waals surface area contributed by atoms with Crippen LogP contribution in [0.1, 0.15) is 17.3 Å². The lowest BCUT2D eigenvalue weighted by molar-refractivity contribution is -0.149. The number of carbonyl (C=O) groups is 1. The molecule has 1 aliphatic rings. The molecule has 0 aliphatic carbocycles. The van der Waals surface area contributed by atoms with Crippen LogP contribution in [0.5, 0.6) is 0 Å². The number of azide groups is 1. The molecule has 5 atom stereocenters. The molecule has 0 spiro atoms. The molecular weight excluding hydrogens is 366 g/mol. The van der Waals surface area contributed by atoms with Crippen molar-refractivity contribution in [2.45, 2.75) is 41.6 Å². The van der Waals surface area contributed by atoms with Gasteiger partial charge in [-0.1, -0.05) is 53.3 Å². The lowest BCUT2D eigenvalue weighted by Gasteiger charge is -2.41. The van der Waals surface area contributed by atoms with Crippen molar-refractivity contribution in [3.05, 3.63) is 76.7 Å². The lowest BCUT2D eigenvalue weighted by atomic mass is 9.99. The van der Waals surface area contributed by atoms with Crippen molar-refractivity contribution in [2.24, 2.45) is 5.11 Å². The quantitative estimate of drug-likeness (QED) is 0.365. The summed E-state index contributed by atoms with van der Waals surface area (Å²) in [5, 5.41) is 14.3. The van der Waals surface area contributed by atoms with E-state index in [1.54, 1.807) is 37.3 Å². The number of esters is 1. The van der Waals surface area contributed by atoms with E-state index in [4.69, 9.17) is 15.0 Å². The Hall–Kier alpha value is -2.51. The molecule has 3 rings (SSSR count). The van der Waals surface area contributed by atoms with Crippen LogP contribution in [-0.2, 0) is 9.47 Å². The highest BCUT2D eigenvalue weighted by molar-refractivity contribution is 7.99. The second kappa shape index (κ2) is 8.92. The second-order valence-corrected chi connectivity index (χ2v) is 7.23. The molecule has 1 aliphatic heterocycles. The molecule has 0 radical (unpaired) electrons. The normalized spacial score (nSPS) is 27.4. The van der Waals surface area contributed by atoms with Gasteiger partial charge in [-0.25, -0.2) is 4.79 Å². The van der Waals surface area contributed by atoms with Gasteiger partial charge in [-0.2, -0.15) is 0 Å². The van der Waals surface area contributed by atoms with Gasteiger partial charge < -0.3 is 14.6 Å². The van der Waals surface area contributed by atoms with Crippen LogP contribution in [0.3, 0.4) is 0 Å². The molecule has 7 nitrogen and oxygen atoms in total. The second-order valence-electron chi connectivity index (χ2n) is 6.06. The Morgan fingerprint density at radius 3 is 2.44 bits per heavy atom. The van der Waals surface area contributed by atoms with Crippen molar-refractivity contribution in [3.8, 4) is 0 Å². The first-order valence-electron chi connectivity index (χ1n) is 8.45. The summed E-state index contributed by atoms with van der Waals surface area (Å²) in [5.74, 6) is -0.588. The number of carbonyl (C=O) groups excluding carboxylic acids is 1. The first-order chi connectivity index (χ1) is 13.1. The summed E-state index contributed by atoms with van der Waals surface area (Å²) in [6.07, 6.45) is -2.72. The summed E-state index contributed by atoms with van der Waals surface area (Å²) >= 11 is 1.36. The molecule has 2 aromatic rings. The van der Waals surface area contributed by atoms with Crippen LogP contribution in [0, 0.1) is 0 Å². The summed E-state index contributed by atoms with van der Waals surface area (Å²) in [6, 6.07) is 17.1. The zero-order valence-electron chi connectivity index (χ0n) is 14.6. The molecule has 1 N–H and O–H groups in total. The van der Waals surface area contributed by atoms with Crippen molar-refractivity contribution in [1.82, 2.24) is 0 Å². The highest BCUT2D eigenvalue weighted by Gasteiger charge is 2.46. The van der Waals surface area contributed by atoms with E-state index in [0.717, 1.165) is 4.90 Å². The summed E-state index contributed by atoms with van der Waals surface area (Å²) < 4.78 is 11.4. The minimum absolute atomic E-state index is 0.357. The lowest BCUT2D eigenvalue weighted by Crippen LogP contribution is -2.56. The Balaban J connectivity index is 1.84. The zero-order valence-corrected chi connectivity index (χ0v) is 15.4. The third-order valence-corrected chi connectivity index (χ3v) is 5.38. The molecule has 1 fully saturated rings. The topological polar surface area (TPSA) is 105 Å². The van der Waals surface area contributed by atoms with Gasteiger partial charge in [-0.3, -0.25) is 0 Å². The fourth-order valence-corrected chi connectivity index (χ4v) is 3.97. The van der Waals surface area contributed by atoms with E-state index in [1.807, 2.05) is 30.3 Å². The van der Waals surface area contributed by atoms with Crippen LogP contribution in [-0.4, -0.2) is 40.9 Å². The number of benzene rings is 2. The van der Waals surface area contributed by atoms with Gasteiger partial charge in [0.05, 0.1) is 11.7 Å². The van der Waals surface area contributed by atoms with Gasteiger partial charge in [-0.15, -0.1) is 0 Å². The van der Waals surface area contributed by atoms with Crippen LogP contribution < -0.4 is 0 Å². The van der Waals surface area contributed by atoms with Gasteiger partial charge in [0.1, 0.15) is 23.7 Å². The molecule has 0 aromatic heterocycles. The van der Waals surface area contributed by atoms with Crippen LogP contribution in [0.25, 0.3) is 10.4 Å². The maximum Gasteiger partial charge on any atom is 0.338 e. The molecule has 0 amide bonds. The smallest absolute Gasteiger partial charge is 0.338 e. The Morgan fingerprint density at radius 1 is 1.19 bits per heavy atom. The molecule has 2 aromatic carbocycles. The Labute approximate surface area is 160 Å². The molecular formula is C19H19N3O4S. The number of hydrogen-bond acceptors (Lipinski definition) is 6. The van der Waals surface area contributed by atoms with E-state index in [-0.39, 0.29) is 0 Å². The summed E-state index contributed by atoms with van der Waals surface area (Å²) in [5.41, 5.74) is 8.75. The first-order valence-corrected chi connectivity index (χ1v) is 9.33. The molecule has 0 unspecified atom stereocenters. The molecule has 0 saturated carbocycles. The minimum Gasteiger partial charge on any atom is -0.455 e. The number of ether oxygens (including phenoxy) is 2. The first kappa shape index (κ1) is 19.3. The average Bonchev–Trinajstić information content (AvgIpc) is 2.70. The minimum atomic E-state index is -1.11. The number of aliphatic hydroxyl groups is 1. The standard InChI is InChI=1S/C19H19N3O4S/c1-12-16(23)17(26-18(24)13-8-4-2-5-9-13)15(21-22-20)19(25-12)27-14-10-6-3-7-11-14/h2-12,15-17,19,23H,1H3/t12-,15-,16+,17-,19+/m0/s1. The molecule has 27 heavy (non-hydrogen) atoms. The van der Waals surface area contributed by atoms with Gasteiger partial charge >= 0.3 is 5.97 Å². The molecule has 8 heteroatoms. The van der Waals surface area contributed by atoms with Gasteiger partial charge in [0, 0.05) is 9.81 Å². The van der Waals surface area contributed by atoms with E-state index >= 15 is 0 Å². The summed E-state index contributed by atoms with van der Waals surface area (Å²) in [6.45, 7) is 1.69. The van der Waals surface area contributed by atoms with E-state index < -0.39 is 35.8 Å².